The first-order valence-electron chi connectivity index (χ1n) is 4.84. The van der Waals surface area contributed by atoms with Gasteiger partial charge in [-0.25, -0.2) is 4.03 Å². The molecule has 0 saturated carbocycles. The van der Waals surface area contributed by atoms with E-state index in [1.54, 1.807) is 4.03 Å². The smallest absolute Gasteiger partial charge is 0.145 e. The Labute approximate surface area is 98.4 Å². The van der Waals surface area contributed by atoms with Crippen LogP contribution in [-0.2, 0) is 4.84 Å². The van der Waals surface area contributed by atoms with Gasteiger partial charge in [0.05, 0.1) is 29.4 Å². The first-order chi connectivity index (χ1) is 7.29. The number of para-hydroxylation sites is 2. The van der Waals surface area contributed by atoms with Crippen molar-refractivity contribution in [2.75, 3.05) is 17.2 Å². The lowest BCUT2D eigenvalue weighted by atomic mass is 10.3. The normalized spacial score (nSPS) is 10.1. The summed E-state index contributed by atoms with van der Waals surface area (Å²) in [5.41, 5.74) is 3.59. The van der Waals surface area contributed by atoms with Crippen LogP contribution in [0.5, 0.6) is 5.75 Å². The molecule has 0 radical (unpaired) electrons. The fraction of sp³-hybridized carbons (Fsp3) is 0.400. The van der Waals surface area contributed by atoms with Crippen molar-refractivity contribution in [3.63, 3.8) is 0 Å². The second kappa shape index (κ2) is 6.66. The zero-order chi connectivity index (χ0) is 11.1. The van der Waals surface area contributed by atoms with Crippen molar-refractivity contribution in [1.82, 2.24) is 5.59 Å². The van der Waals surface area contributed by atoms with E-state index in [1.165, 1.54) is 0 Å². The van der Waals surface area contributed by atoms with Crippen molar-refractivity contribution >= 4 is 21.8 Å². The van der Waals surface area contributed by atoms with Gasteiger partial charge in [0.1, 0.15) is 11.4 Å². The van der Waals surface area contributed by atoms with E-state index in [2.05, 4.69) is 21.7 Å². The highest BCUT2D eigenvalue weighted by molar-refractivity contribution is 9.10. The van der Waals surface area contributed by atoms with Gasteiger partial charge in [0.2, 0.25) is 0 Å². The molecule has 1 rings (SSSR count). The second-order valence-corrected chi connectivity index (χ2v) is 3.42. The average Bonchev–Trinajstić information content (AvgIpc) is 2.27. The molecular formula is C10H15BrN2O2. The topological polar surface area (TPSA) is 33.7 Å². The van der Waals surface area contributed by atoms with Gasteiger partial charge in [-0.2, -0.15) is 0 Å². The third kappa shape index (κ3) is 3.70. The number of nitrogens with one attached hydrogen (secondary N) is 1. The first-order valence-corrected chi connectivity index (χ1v) is 5.55. The van der Waals surface area contributed by atoms with E-state index in [0.29, 0.717) is 13.2 Å². The maximum atomic E-state index is 5.47. The Bertz CT molecular complexity index is 297. The van der Waals surface area contributed by atoms with E-state index < -0.39 is 0 Å². The highest BCUT2D eigenvalue weighted by atomic mass is 79.9. The Morgan fingerprint density at radius 1 is 1.27 bits per heavy atom. The van der Waals surface area contributed by atoms with Crippen LogP contribution >= 0.6 is 16.1 Å². The van der Waals surface area contributed by atoms with Crippen molar-refractivity contribution in [3.8, 4) is 5.75 Å². The summed E-state index contributed by atoms with van der Waals surface area (Å²) in [6, 6.07) is 7.68. The Morgan fingerprint density at radius 3 is 2.67 bits per heavy atom. The van der Waals surface area contributed by atoms with Crippen molar-refractivity contribution in [2.24, 2.45) is 0 Å². The Balaban J connectivity index is 2.72. The molecule has 1 aromatic rings. The highest BCUT2D eigenvalue weighted by Gasteiger charge is 2.08. The zero-order valence-corrected chi connectivity index (χ0v) is 10.5. The van der Waals surface area contributed by atoms with Gasteiger partial charge in [-0.1, -0.05) is 12.1 Å². The maximum absolute atomic E-state index is 5.47. The summed E-state index contributed by atoms with van der Waals surface area (Å²) >= 11 is 3.33. The summed E-state index contributed by atoms with van der Waals surface area (Å²) in [7, 11) is 0. The zero-order valence-electron chi connectivity index (χ0n) is 8.87. The quantitative estimate of drug-likeness (QED) is 0.639. The molecule has 0 amide bonds. The molecule has 0 fully saturated rings. The molecule has 0 saturated heterocycles. The molecule has 15 heavy (non-hydrogen) atoms. The molecule has 0 aliphatic rings. The number of hydrogen-bond donors (Lipinski definition) is 1. The van der Waals surface area contributed by atoms with Gasteiger partial charge in [0.15, 0.2) is 0 Å². The minimum atomic E-state index is 0.582. The number of hydrazine groups is 1. The van der Waals surface area contributed by atoms with E-state index in [1.807, 2.05) is 38.1 Å². The minimum absolute atomic E-state index is 0.582. The number of rotatable bonds is 6. The fourth-order valence-corrected chi connectivity index (χ4v) is 1.46. The summed E-state index contributed by atoms with van der Waals surface area (Å²) in [6.45, 7) is 5.07. The summed E-state index contributed by atoms with van der Waals surface area (Å²) < 4.78 is 7.07. The van der Waals surface area contributed by atoms with Crippen LogP contribution in [0.2, 0.25) is 0 Å². The lowest BCUT2D eigenvalue weighted by molar-refractivity contribution is 0.0576. The summed E-state index contributed by atoms with van der Waals surface area (Å²) in [5.74, 6) is 0.795. The molecule has 0 heterocycles. The number of halogens is 1. The summed E-state index contributed by atoms with van der Waals surface area (Å²) in [6.07, 6.45) is 0. The lowest BCUT2D eigenvalue weighted by Crippen LogP contribution is -2.29. The summed E-state index contributed by atoms with van der Waals surface area (Å²) in [5, 5.41) is 0. The van der Waals surface area contributed by atoms with Gasteiger partial charge in [0.25, 0.3) is 0 Å². The standard InChI is InChI=1S/C10H15BrN2O2/c1-3-14-10-8-6-5-7-9(10)13(11)12-15-4-2/h5-8,12H,3-4H2,1-2H3. The third-order valence-electron chi connectivity index (χ3n) is 1.67. The number of ether oxygens (including phenoxy) is 1. The van der Waals surface area contributed by atoms with Crippen LogP contribution in [0.3, 0.4) is 0 Å². The van der Waals surface area contributed by atoms with Crippen LogP contribution in [0.15, 0.2) is 24.3 Å². The van der Waals surface area contributed by atoms with Gasteiger partial charge in [-0.05, 0) is 26.0 Å². The molecule has 0 aliphatic carbocycles. The van der Waals surface area contributed by atoms with Crippen LogP contribution < -0.4 is 14.4 Å². The molecule has 0 aliphatic heterocycles. The monoisotopic (exact) mass is 274 g/mol. The van der Waals surface area contributed by atoms with Crippen molar-refractivity contribution in [3.05, 3.63) is 24.3 Å². The van der Waals surface area contributed by atoms with E-state index in [0.717, 1.165) is 11.4 Å². The van der Waals surface area contributed by atoms with Crippen molar-refractivity contribution in [2.45, 2.75) is 13.8 Å². The molecule has 1 N–H and O–H groups in total. The predicted octanol–water partition coefficient (Wildman–Crippen LogP) is 2.66. The highest BCUT2D eigenvalue weighted by Crippen LogP contribution is 2.28. The van der Waals surface area contributed by atoms with Crippen molar-refractivity contribution < 1.29 is 9.57 Å². The van der Waals surface area contributed by atoms with Crippen LogP contribution in [0.4, 0.5) is 5.69 Å². The molecule has 0 unspecified atom stereocenters. The Morgan fingerprint density at radius 2 is 2.00 bits per heavy atom. The van der Waals surface area contributed by atoms with Crippen LogP contribution in [0, 0.1) is 0 Å². The van der Waals surface area contributed by atoms with E-state index in [9.17, 15) is 0 Å². The largest absolute Gasteiger partial charge is 0.492 e. The van der Waals surface area contributed by atoms with Crippen LogP contribution in [0.1, 0.15) is 13.8 Å². The van der Waals surface area contributed by atoms with Gasteiger partial charge in [0, 0.05) is 0 Å². The van der Waals surface area contributed by atoms with Crippen molar-refractivity contribution in [1.29, 1.82) is 0 Å². The number of hydrogen-bond acceptors (Lipinski definition) is 4. The van der Waals surface area contributed by atoms with Gasteiger partial charge in [-0.3, -0.25) is 4.84 Å². The molecule has 4 nitrogen and oxygen atoms in total. The van der Waals surface area contributed by atoms with Gasteiger partial charge in [-0.15, -0.1) is 5.59 Å². The molecule has 1 aromatic carbocycles. The second-order valence-electron chi connectivity index (χ2n) is 2.71. The predicted molar refractivity (Wildman–Crippen MR) is 63.8 cm³/mol. The van der Waals surface area contributed by atoms with Crippen LogP contribution in [0.25, 0.3) is 0 Å². The number of benzene rings is 1. The Kier molecular flexibility index (Phi) is 5.45. The molecule has 0 spiro atoms. The fourth-order valence-electron chi connectivity index (χ4n) is 1.07. The Hall–Kier alpha value is -0.780. The maximum Gasteiger partial charge on any atom is 0.145 e. The molecule has 0 atom stereocenters. The minimum Gasteiger partial charge on any atom is -0.492 e. The lowest BCUT2D eigenvalue weighted by Gasteiger charge is -2.19. The van der Waals surface area contributed by atoms with E-state index >= 15 is 0 Å². The number of anilines is 1. The molecule has 5 heteroatoms. The van der Waals surface area contributed by atoms with E-state index in [4.69, 9.17) is 9.57 Å². The molecule has 0 bridgehead atoms. The van der Waals surface area contributed by atoms with Crippen LogP contribution in [-0.4, -0.2) is 13.2 Å². The third-order valence-corrected chi connectivity index (χ3v) is 2.19. The molecular weight excluding hydrogens is 260 g/mol. The van der Waals surface area contributed by atoms with Gasteiger partial charge >= 0.3 is 0 Å². The first kappa shape index (κ1) is 12.3. The molecule has 84 valence electrons. The number of nitrogens with zero attached hydrogens (tertiary/aromatic N) is 1. The van der Waals surface area contributed by atoms with Gasteiger partial charge < -0.3 is 4.74 Å². The summed E-state index contributed by atoms with van der Waals surface area (Å²) in [4.78, 5) is 5.06. The van der Waals surface area contributed by atoms with E-state index in [-0.39, 0.29) is 0 Å². The molecule has 0 aromatic heterocycles. The average molecular weight is 275 g/mol. The SMILES string of the molecule is CCONN(Br)c1ccccc1OCC.